The molecule has 0 radical (unpaired) electrons. The minimum absolute atomic E-state index is 0.125. The Morgan fingerprint density at radius 2 is 1.87 bits per heavy atom. The Kier molecular flexibility index (Phi) is 5.96. The van der Waals surface area contributed by atoms with Crippen LogP contribution in [0.2, 0.25) is 10.0 Å². The average molecular weight is 352 g/mol. The van der Waals surface area contributed by atoms with Crippen LogP contribution in [-0.2, 0) is 4.79 Å². The van der Waals surface area contributed by atoms with Crippen LogP contribution in [0.4, 0.5) is 5.82 Å². The molecule has 1 aromatic carbocycles. The van der Waals surface area contributed by atoms with Crippen molar-refractivity contribution in [3.05, 3.63) is 57.7 Å². The SMILES string of the molecule is Cc1cccc(NC(=O)CCNC(=O)c2cccc(Cl)c2Cl)n1. The van der Waals surface area contributed by atoms with E-state index < -0.39 is 0 Å². The van der Waals surface area contributed by atoms with Crippen molar-refractivity contribution < 1.29 is 9.59 Å². The quantitative estimate of drug-likeness (QED) is 0.866. The number of nitrogens with zero attached hydrogens (tertiary/aromatic N) is 1. The van der Waals surface area contributed by atoms with Crippen LogP contribution in [0, 0.1) is 6.92 Å². The normalized spacial score (nSPS) is 10.2. The summed E-state index contributed by atoms with van der Waals surface area (Å²) in [5.74, 6) is -0.126. The van der Waals surface area contributed by atoms with Gasteiger partial charge in [0.1, 0.15) is 5.82 Å². The molecule has 5 nitrogen and oxygen atoms in total. The predicted molar refractivity (Wildman–Crippen MR) is 91.0 cm³/mol. The Balaban J connectivity index is 1.83. The molecule has 0 bridgehead atoms. The van der Waals surface area contributed by atoms with Crippen molar-refractivity contribution in [3.63, 3.8) is 0 Å². The van der Waals surface area contributed by atoms with Gasteiger partial charge < -0.3 is 10.6 Å². The lowest BCUT2D eigenvalue weighted by Gasteiger charge is -2.08. The van der Waals surface area contributed by atoms with Gasteiger partial charge in [-0.15, -0.1) is 0 Å². The highest BCUT2D eigenvalue weighted by Crippen LogP contribution is 2.25. The smallest absolute Gasteiger partial charge is 0.252 e. The Morgan fingerprint density at radius 3 is 2.61 bits per heavy atom. The summed E-state index contributed by atoms with van der Waals surface area (Å²) >= 11 is 11.8. The fourth-order valence-electron chi connectivity index (χ4n) is 1.88. The van der Waals surface area contributed by atoms with Crippen molar-refractivity contribution in [1.82, 2.24) is 10.3 Å². The second-order valence-corrected chi connectivity index (χ2v) is 5.60. The summed E-state index contributed by atoms with van der Waals surface area (Å²) in [6, 6.07) is 10.2. The summed E-state index contributed by atoms with van der Waals surface area (Å²) in [7, 11) is 0. The van der Waals surface area contributed by atoms with Gasteiger partial charge in [-0.3, -0.25) is 9.59 Å². The largest absolute Gasteiger partial charge is 0.351 e. The first kappa shape index (κ1) is 17.2. The van der Waals surface area contributed by atoms with Gasteiger partial charge in [-0.1, -0.05) is 35.3 Å². The third-order valence-corrected chi connectivity index (χ3v) is 3.81. The molecule has 7 heteroatoms. The van der Waals surface area contributed by atoms with Crippen molar-refractivity contribution in [2.45, 2.75) is 13.3 Å². The third-order valence-electron chi connectivity index (χ3n) is 2.99. The second kappa shape index (κ2) is 7.94. The molecule has 120 valence electrons. The molecule has 0 fully saturated rings. The van der Waals surface area contributed by atoms with Gasteiger partial charge in [0.15, 0.2) is 0 Å². The molecule has 2 rings (SSSR count). The molecule has 1 heterocycles. The Hall–Kier alpha value is -2.11. The van der Waals surface area contributed by atoms with Crippen LogP contribution in [0.5, 0.6) is 0 Å². The van der Waals surface area contributed by atoms with Gasteiger partial charge in [-0.25, -0.2) is 4.98 Å². The topological polar surface area (TPSA) is 71.1 Å². The number of rotatable bonds is 5. The highest BCUT2D eigenvalue weighted by molar-refractivity contribution is 6.43. The molecule has 0 aliphatic heterocycles. The fraction of sp³-hybridized carbons (Fsp3) is 0.188. The maximum atomic E-state index is 12.0. The number of hydrogen-bond acceptors (Lipinski definition) is 3. The highest BCUT2D eigenvalue weighted by Gasteiger charge is 2.12. The first-order valence-corrected chi connectivity index (χ1v) is 7.68. The number of hydrogen-bond donors (Lipinski definition) is 2. The summed E-state index contributed by atoms with van der Waals surface area (Å²) in [6.07, 6.45) is 0.125. The molecular weight excluding hydrogens is 337 g/mol. The maximum absolute atomic E-state index is 12.0. The van der Waals surface area contributed by atoms with E-state index >= 15 is 0 Å². The zero-order chi connectivity index (χ0) is 16.8. The van der Waals surface area contributed by atoms with E-state index in [1.165, 1.54) is 0 Å². The van der Waals surface area contributed by atoms with E-state index in [4.69, 9.17) is 23.2 Å². The number of benzene rings is 1. The van der Waals surface area contributed by atoms with Crippen molar-refractivity contribution >= 4 is 40.8 Å². The standard InChI is InChI=1S/C16H15Cl2N3O2/c1-10-4-2-7-13(20-10)21-14(22)8-9-19-16(23)11-5-3-6-12(17)15(11)18/h2-7H,8-9H2,1H3,(H,19,23)(H,20,21,22). The van der Waals surface area contributed by atoms with Crippen LogP contribution in [0.25, 0.3) is 0 Å². The molecule has 0 atom stereocenters. The minimum Gasteiger partial charge on any atom is -0.351 e. The Labute approximate surface area is 144 Å². The van der Waals surface area contributed by atoms with Gasteiger partial charge in [-0.05, 0) is 31.2 Å². The van der Waals surface area contributed by atoms with E-state index in [-0.39, 0.29) is 35.4 Å². The lowest BCUT2D eigenvalue weighted by molar-refractivity contribution is -0.116. The van der Waals surface area contributed by atoms with Gasteiger partial charge in [0.2, 0.25) is 5.91 Å². The van der Waals surface area contributed by atoms with E-state index in [2.05, 4.69) is 15.6 Å². The summed E-state index contributed by atoms with van der Waals surface area (Å²) < 4.78 is 0. The van der Waals surface area contributed by atoms with E-state index in [1.54, 1.807) is 30.3 Å². The molecule has 23 heavy (non-hydrogen) atoms. The van der Waals surface area contributed by atoms with Crippen molar-refractivity contribution in [1.29, 1.82) is 0 Å². The first-order chi connectivity index (χ1) is 11.0. The number of carbonyl (C=O) groups is 2. The van der Waals surface area contributed by atoms with Crippen LogP contribution in [0.15, 0.2) is 36.4 Å². The van der Waals surface area contributed by atoms with Crippen LogP contribution < -0.4 is 10.6 Å². The van der Waals surface area contributed by atoms with E-state index in [9.17, 15) is 9.59 Å². The number of halogens is 2. The van der Waals surface area contributed by atoms with Crippen molar-refractivity contribution in [3.8, 4) is 0 Å². The zero-order valence-corrected chi connectivity index (χ0v) is 13.9. The molecule has 0 aliphatic carbocycles. The van der Waals surface area contributed by atoms with Crippen LogP contribution >= 0.6 is 23.2 Å². The Bertz CT molecular complexity index is 735. The van der Waals surface area contributed by atoms with E-state index in [1.807, 2.05) is 13.0 Å². The summed E-state index contributed by atoms with van der Waals surface area (Å²) in [5.41, 5.74) is 1.09. The summed E-state index contributed by atoms with van der Waals surface area (Å²) in [5, 5.41) is 5.80. The maximum Gasteiger partial charge on any atom is 0.252 e. The molecule has 2 N–H and O–H groups in total. The molecule has 1 aromatic heterocycles. The van der Waals surface area contributed by atoms with E-state index in [0.29, 0.717) is 10.8 Å². The van der Waals surface area contributed by atoms with Gasteiger partial charge in [0.05, 0.1) is 15.6 Å². The number of nitrogens with one attached hydrogen (secondary N) is 2. The molecule has 0 spiro atoms. The molecule has 2 aromatic rings. The average Bonchev–Trinajstić information content (AvgIpc) is 2.50. The second-order valence-electron chi connectivity index (χ2n) is 4.82. The lowest BCUT2D eigenvalue weighted by Crippen LogP contribution is -2.28. The Morgan fingerprint density at radius 1 is 1.13 bits per heavy atom. The van der Waals surface area contributed by atoms with Crippen LogP contribution in [0.3, 0.4) is 0 Å². The van der Waals surface area contributed by atoms with Gasteiger partial charge >= 0.3 is 0 Å². The third kappa shape index (κ3) is 4.94. The number of aromatic nitrogens is 1. The van der Waals surface area contributed by atoms with E-state index in [0.717, 1.165) is 5.69 Å². The van der Waals surface area contributed by atoms with Gasteiger partial charge in [-0.2, -0.15) is 0 Å². The van der Waals surface area contributed by atoms with Crippen LogP contribution in [-0.4, -0.2) is 23.3 Å². The summed E-state index contributed by atoms with van der Waals surface area (Å²) in [6.45, 7) is 2.02. The minimum atomic E-state index is -0.376. The van der Waals surface area contributed by atoms with Crippen molar-refractivity contribution in [2.75, 3.05) is 11.9 Å². The monoisotopic (exact) mass is 351 g/mol. The summed E-state index contributed by atoms with van der Waals surface area (Å²) in [4.78, 5) is 28.0. The first-order valence-electron chi connectivity index (χ1n) is 6.93. The molecule has 0 aliphatic rings. The molecule has 2 amide bonds. The van der Waals surface area contributed by atoms with Crippen LogP contribution in [0.1, 0.15) is 22.5 Å². The number of pyridine rings is 1. The highest BCUT2D eigenvalue weighted by atomic mass is 35.5. The molecular formula is C16H15Cl2N3O2. The fourth-order valence-corrected chi connectivity index (χ4v) is 2.27. The number of anilines is 1. The number of aryl methyl sites for hydroxylation is 1. The number of amides is 2. The molecule has 0 saturated heterocycles. The van der Waals surface area contributed by atoms with Gasteiger partial charge in [0.25, 0.3) is 5.91 Å². The number of carbonyl (C=O) groups excluding carboxylic acids is 2. The zero-order valence-electron chi connectivity index (χ0n) is 12.4. The van der Waals surface area contributed by atoms with Gasteiger partial charge in [0, 0.05) is 18.7 Å². The molecule has 0 saturated carbocycles. The lowest BCUT2D eigenvalue weighted by atomic mass is 10.2. The van der Waals surface area contributed by atoms with Crippen molar-refractivity contribution in [2.24, 2.45) is 0 Å². The predicted octanol–water partition coefficient (Wildman–Crippen LogP) is 3.46. The molecule has 0 unspecified atom stereocenters.